The van der Waals surface area contributed by atoms with Crippen molar-refractivity contribution in [3.63, 3.8) is 0 Å². The van der Waals surface area contributed by atoms with Gasteiger partial charge < -0.3 is 39.0 Å². The molecule has 0 radical (unpaired) electrons. The Balaban J connectivity index is -0.0000101. The molecule has 0 aromatic rings. The average molecular weight is 724 g/mol. The van der Waals surface area contributed by atoms with E-state index in [0.717, 1.165) is 38.5 Å². The van der Waals surface area contributed by atoms with E-state index in [-0.39, 0.29) is 78.6 Å². The molecular formula is C34H64NNa2O10P. The molecule has 0 saturated heterocycles. The number of aliphatic carboxylic acids is 1. The zero-order chi connectivity index (χ0) is 34.3. The van der Waals surface area contributed by atoms with Crippen LogP contribution in [0, 0.1) is 0 Å². The van der Waals surface area contributed by atoms with E-state index in [1.165, 1.54) is 89.9 Å². The summed E-state index contributed by atoms with van der Waals surface area (Å²) in [4.78, 5) is 47.5. The van der Waals surface area contributed by atoms with Crippen molar-refractivity contribution >= 4 is 25.7 Å². The minimum Gasteiger partial charge on any atom is -0.756 e. The Morgan fingerprint density at radius 2 is 0.938 bits per heavy atom. The quantitative estimate of drug-likeness (QED) is 0.0422. The van der Waals surface area contributed by atoms with Gasteiger partial charge in [-0.1, -0.05) is 142 Å². The smallest absolute Gasteiger partial charge is 0.756 e. The fourth-order valence-corrected chi connectivity index (χ4v) is 5.70. The van der Waals surface area contributed by atoms with E-state index in [4.69, 9.17) is 19.7 Å². The summed E-state index contributed by atoms with van der Waals surface area (Å²) in [5, 5.41) is 10.7. The van der Waals surface area contributed by atoms with Crippen LogP contribution in [0.2, 0.25) is 0 Å². The maximum atomic E-state index is 12.5. The number of carboxylic acid groups (broad SMARTS) is 1. The molecule has 3 atom stereocenters. The number of rotatable bonds is 34. The number of hydrogen-bond donors (Lipinski definition) is 1. The molecule has 0 heterocycles. The van der Waals surface area contributed by atoms with Gasteiger partial charge in [-0.3, -0.25) is 14.2 Å². The van der Waals surface area contributed by atoms with E-state index in [0.29, 0.717) is 12.8 Å². The number of phosphoric acid groups is 1. The zero-order valence-corrected chi connectivity index (χ0v) is 35.7. The zero-order valence-electron chi connectivity index (χ0n) is 30.9. The normalized spacial score (nSPS) is 13.4. The molecule has 0 amide bonds. The molecule has 0 aliphatic carbocycles. The maximum Gasteiger partial charge on any atom is 1.00 e. The van der Waals surface area contributed by atoms with Gasteiger partial charge in [0.1, 0.15) is 6.61 Å². The van der Waals surface area contributed by atoms with Gasteiger partial charge in [0.05, 0.1) is 25.2 Å². The van der Waals surface area contributed by atoms with E-state index < -0.39 is 51.1 Å². The van der Waals surface area contributed by atoms with Crippen LogP contribution in [-0.4, -0.2) is 49.9 Å². The third-order valence-electron chi connectivity index (χ3n) is 7.83. The van der Waals surface area contributed by atoms with Gasteiger partial charge in [0.2, 0.25) is 0 Å². The predicted molar refractivity (Wildman–Crippen MR) is 175 cm³/mol. The fraction of sp³-hybridized carbons (Fsp3) is 0.912. The molecule has 272 valence electrons. The van der Waals surface area contributed by atoms with Crippen molar-refractivity contribution in [1.82, 2.24) is 0 Å². The van der Waals surface area contributed by atoms with Gasteiger partial charge in [0, 0.05) is 12.8 Å². The molecule has 0 rings (SSSR count). The number of carboxylic acids is 1. The van der Waals surface area contributed by atoms with Gasteiger partial charge in [0.25, 0.3) is 7.82 Å². The standard InChI is InChI=1S/C34H66NO10P.2Na/c1-3-5-7-9-11-13-15-17-19-21-23-25-32(36)42-27-30(28-43-46(40,41)44-29-31(35)34(38)39)45-33(37)26-24-22-20-18-16-14-12-10-8-6-4-2;;/h30-31H,3-29,35H2,1-2H3,(H,38,39)(H,40,41);;/q;2*+1/p-2/t30-,31+;;/m1../s1. The van der Waals surface area contributed by atoms with Crippen molar-refractivity contribution in [2.75, 3.05) is 19.8 Å². The topological polar surface area (TPSA) is 177 Å². The number of ether oxygens (including phenoxy) is 2. The molecule has 0 aliphatic heterocycles. The van der Waals surface area contributed by atoms with Crippen LogP contribution in [0.5, 0.6) is 0 Å². The van der Waals surface area contributed by atoms with E-state index in [1.54, 1.807) is 0 Å². The minimum atomic E-state index is -4.97. The molecule has 1 unspecified atom stereocenters. The Bertz CT molecular complexity index is 825. The van der Waals surface area contributed by atoms with Gasteiger partial charge in [0.15, 0.2) is 6.10 Å². The summed E-state index contributed by atoms with van der Waals surface area (Å²) in [6.07, 6.45) is 24.4. The van der Waals surface area contributed by atoms with Gasteiger partial charge in [-0.05, 0) is 12.8 Å². The van der Waals surface area contributed by atoms with Crippen LogP contribution >= 0.6 is 7.82 Å². The van der Waals surface area contributed by atoms with E-state index >= 15 is 0 Å². The third-order valence-corrected chi connectivity index (χ3v) is 8.76. The molecule has 0 aliphatic rings. The predicted octanol–water partition coefficient (Wildman–Crippen LogP) is 0.430. The number of carbonyl (C=O) groups is 3. The first-order valence-electron chi connectivity index (χ1n) is 18.0. The van der Waals surface area contributed by atoms with Crippen LogP contribution in [0.3, 0.4) is 0 Å². The Labute approximate surface area is 335 Å². The first kappa shape index (κ1) is 52.8. The van der Waals surface area contributed by atoms with Crippen LogP contribution < -0.4 is 74.8 Å². The van der Waals surface area contributed by atoms with Gasteiger partial charge in [-0.25, -0.2) is 0 Å². The van der Waals surface area contributed by atoms with Crippen molar-refractivity contribution in [2.24, 2.45) is 5.73 Å². The van der Waals surface area contributed by atoms with Gasteiger partial charge in [-0.2, -0.15) is 0 Å². The van der Waals surface area contributed by atoms with Crippen molar-refractivity contribution in [2.45, 2.75) is 180 Å². The van der Waals surface area contributed by atoms with Crippen LogP contribution in [0.1, 0.15) is 168 Å². The summed E-state index contributed by atoms with van der Waals surface area (Å²) in [5.41, 5.74) is 5.21. The molecule has 0 fully saturated rings. The summed E-state index contributed by atoms with van der Waals surface area (Å²) < 4.78 is 32.0. The number of carbonyl (C=O) groups excluding carboxylic acids is 3. The Morgan fingerprint density at radius 3 is 1.33 bits per heavy atom. The molecule has 0 aromatic heterocycles. The van der Waals surface area contributed by atoms with E-state index in [2.05, 4.69) is 18.4 Å². The Hall–Kier alpha value is 0.480. The Kier molecular flexibility index (Phi) is 41.0. The van der Waals surface area contributed by atoms with Crippen LogP contribution in [0.25, 0.3) is 0 Å². The van der Waals surface area contributed by atoms with Gasteiger partial charge in [-0.15, -0.1) is 0 Å². The molecule has 48 heavy (non-hydrogen) atoms. The molecule has 0 spiro atoms. The molecule has 2 N–H and O–H groups in total. The van der Waals surface area contributed by atoms with Crippen LogP contribution in [0.15, 0.2) is 0 Å². The summed E-state index contributed by atoms with van der Waals surface area (Å²) in [5.74, 6) is -2.70. The second-order valence-corrected chi connectivity index (χ2v) is 13.7. The summed E-state index contributed by atoms with van der Waals surface area (Å²) in [7, 11) is -4.97. The van der Waals surface area contributed by atoms with E-state index in [1.807, 2.05) is 0 Å². The molecule has 0 aromatic carbocycles. The van der Waals surface area contributed by atoms with Crippen molar-refractivity contribution in [3.8, 4) is 0 Å². The van der Waals surface area contributed by atoms with E-state index in [9.17, 15) is 28.9 Å². The first-order chi connectivity index (χ1) is 22.1. The molecule has 0 saturated carbocycles. The Morgan fingerprint density at radius 1 is 0.583 bits per heavy atom. The molecule has 0 bridgehead atoms. The fourth-order valence-electron chi connectivity index (χ4n) is 4.94. The van der Waals surface area contributed by atoms with Crippen molar-refractivity contribution in [3.05, 3.63) is 0 Å². The number of unbranched alkanes of at least 4 members (excludes halogenated alkanes) is 20. The SMILES string of the molecule is CCCCCCCCCCCCCC(=O)OC[C@H](COP(=O)([O-])OC[C@H](N)C(=O)[O-])OC(=O)CCCCCCCCCCCCC.[Na+].[Na+]. The third kappa shape index (κ3) is 36.3. The molecule has 14 heteroatoms. The number of hydrogen-bond acceptors (Lipinski definition) is 11. The number of esters is 2. The van der Waals surface area contributed by atoms with Crippen LogP contribution in [-0.2, 0) is 37.5 Å². The van der Waals surface area contributed by atoms with Crippen molar-refractivity contribution in [1.29, 1.82) is 0 Å². The summed E-state index contributed by atoms with van der Waals surface area (Å²) in [6, 6.07) is -1.67. The largest absolute Gasteiger partial charge is 1.00 e. The van der Waals surface area contributed by atoms with Crippen molar-refractivity contribution < 1.29 is 107 Å². The summed E-state index contributed by atoms with van der Waals surface area (Å²) in [6.45, 7) is 2.52. The second kappa shape index (κ2) is 37.2. The number of nitrogens with two attached hydrogens (primary N) is 1. The first-order valence-corrected chi connectivity index (χ1v) is 19.5. The maximum absolute atomic E-state index is 12.5. The number of phosphoric ester groups is 1. The molecular weight excluding hydrogens is 659 g/mol. The summed E-state index contributed by atoms with van der Waals surface area (Å²) >= 11 is 0. The van der Waals surface area contributed by atoms with Gasteiger partial charge >= 0.3 is 71.1 Å². The monoisotopic (exact) mass is 723 g/mol. The molecule has 11 nitrogen and oxygen atoms in total. The second-order valence-electron chi connectivity index (χ2n) is 12.3. The average Bonchev–Trinajstić information content (AvgIpc) is 3.02. The minimum absolute atomic E-state index is 0. The van der Waals surface area contributed by atoms with Crippen LogP contribution in [0.4, 0.5) is 0 Å².